The monoisotopic (exact) mass is 207 g/mol. The molecule has 1 heterocycles. The van der Waals surface area contributed by atoms with E-state index in [1.165, 1.54) is 0 Å². The molecule has 1 aromatic carbocycles. The fourth-order valence-corrected chi connectivity index (χ4v) is 1.40. The molecule has 14 heavy (non-hydrogen) atoms. The molecule has 0 aliphatic heterocycles. The lowest BCUT2D eigenvalue weighted by Crippen LogP contribution is -1.86. The second-order valence-electron chi connectivity index (χ2n) is 2.66. The molecule has 0 saturated carbocycles. The molecule has 0 atom stereocenters. The molecule has 2 aromatic rings. The Bertz CT molecular complexity index is 467. The second-order valence-corrected chi connectivity index (χ2v) is 3.06. The first-order valence-electron chi connectivity index (χ1n) is 3.94. The number of nitrogens with zero attached hydrogens (tertiary/aromatic N) is 2. The molecular formula is C9H6ClN3O. The summed E-state index contributed by atoms with van der Waals surface area (Å²) >= 11 is 5.95. The standard InChI is InChI=1S/C9H6ClN3O/c10-7-4-2-1-3-6(7)9-8(5-14)11-13-12-9/h1-5H,(H,11,12,13). The maximum atomic E-state index is 10.6. The number of nitrogens with one attached hydrogen (secondary N) is 1. The lowest BCUT2D eigenvalue weighted by atomic mass is 10.1. The Hall–Kier alpha value is -1.68. The molecule has 5 heteroatoms. The van der Waals surface area contributed by atoms with Crippen LogP contribution in [0, 0.1) is 0 Å². The van der Waals surface area contributed by atoms with E-state index in [1.807, 2.05) is 12.1 Å². The highest BCUT2D eigenvalue weighted by atomic mass is 35.5. The first-order valence-corrected chi connectivity index (χ1v) is 4.31. The van der Waals surface area contributed by atoms with Gasteiger partial charge in [0.1, 0.15) is 5.69 Å². The lowest BCUT2D eigenvalue weighted by molar-refractivity contribution is 0.111. The molecule has 70 valence electrons. The van der Waals surface area contributed by atoms with Crippen LogP contribution < -0.4 is 0 Å². The summed E-state index contributed by atoms with van der Waals surface area (Å²) in [5.74, 6) is 0. The summed E-state index contributed by atoms with van der Waals surface area (Å²) in [6, 6.07) is 7.16. The van der Waals surface area contributed by atoms with Crippen molar-refractivity contribution in [1.29, 1.82) is 0 Å². The van der Waals surface area contributed by atoms with E-state index in [4.69, 9.17) is 11.6 Å². The molecule has 0 amide bonds. The fraction of sp³-hybridized carbons (Fsp3) is 0. The Morgan fingerprint density at radius 3 is 2.79 bits per heavy atom. The summed E-state index contributed by atoms with van der Waals surface area (Å²) < 4.78 is 0. The number of carbonyl (C=O) groups is 1. The molecule has 1 N–H and O–H groups in total. The predicted molar refractivity (Wildman–Crippen MR) is 52.2 cm³/mol. The van der Waals surface area contributed by atoms with Crippen molar-refractivity contribution in [3.8, 4) is 11.3 Å². The highest BCUT2D eigenvalue weighted by Crippen LogP contribution is 2.26. The molecule has 0 radical (unpaired) electrons. The average Bonchev–Trinajstić information content (AvgIpc) is 2.66. The van der Waals surface area contributed by atoms with Crippen molar-refractivity contribution in [2.45, 2.75) is 0 Å². The van der Waals surface area contributed by atoms with E-state index in [2.05, 4.69) is 15.4 Å². The van der Waals surface area contributed by atoms with Crippen LogP contribution in [0.5, 0.6) is 0 Å². The summed E-state index contributed by atoms with van der Waals surface area (Å²) in [5.41, 5.74) is 1.44. The predicted octanol–water partition coefficient (Wildman–Crippen LogP) is 1.94. The number of benzene rings is 1. The van der Waals surface area contributed by atoms with Gasteiger partial charge in [-0.15, -0.1) is 0 Å². The van der Waals surface area contributed by atoms with Crippen LogP contribution in [0.1, 0.15) is 10.5 Å². The summed E-state index contributed by atoms with van der Waals surface area (Å²) in [4.78, 5) is 10.6. The van der Waals surface area contributed by atoms with Crippen LogP contribution in [-0.2, 0) is 0 Å². The quantitative estimate of drug-likeness (QED) is 0.766. The van der Waals surface area contributed by atoms with E-state index in [1.54, 1.807) is 12.1 Å². The van der Waals surface area contributed by atoms with E-state index >= 15 is 0 Å². The van der Waals surface area contributed by atoms with Gasteiger partial charge < -0.3 is 0 Å². The Balaban J connectivity index is 2.60. The molecule has 0 saturated heterocycles. The third kappa shape index (κ3) is 1.40. The Morgan fingerprint density at radius 1 is 1.29 bits per heavy atom. The molecule has 1 aromatic heterocycles. The Kier molecular flexibility index (Phi) is 2.28. The second kappa shape index (κ2) is 3.59. The average molecular weight is 208 g/mol. The summed E-state index contributed by atoms with van der Waals surface area (Å²) in [6.07, 6.45) is 0.641. The van der Waals surface area contributed by atoms with Gasteiger partial charge in [0, 0.05) is 5.56 Å². The van der Waals surface area contributed by atoms with Gasteiger partial charge in [0.2, 0.25) is 0 Å². The zero-order chi connectivity index (χ0) is 9.97. The van der Waals surface area contributed by atoms with Crippen molar-refractivity contribution in [2.75, 3.05) is 0 Å². The number of hydrogen-bond acceptors (Lipinski definition) is 3. The van der Waals surface area contributed by atoms with Crippen molar-refractivity contribution in [3.05, 3.63) is 35.0 Å². The lowest BCUT2D eigenvalue weighted by Gasteiger charge is -1.98. The van der Waals surface area contributed by atoms with Gasteiger partial charge in [-0.3, -0.25) is 4.79 Å². The molecule has 2 rings (SSSR count). The van der Waals surface area contributed by atoms with Crippen molar-refractivity contribution in [1.82, 2.24) is 15.4 Å². The smallest absolute Gasteiger partial charge is 0.172 e. The highest BCUT2D eigenvalue weighted by Gasteiger charge is 2.11. The topological polar surface area (TPSA) is 58.6 Å². The van der Waals surface area contributed by atoms with Crippen molar-refractivity contribution >= 4 is 17.9 Å². The van der Waals surface area contributed by atoms with Gasteiger partial charge >= 0.3 is 0 Å². The number of H-pyrrole nitrogens is 1. The van der Waals surface area contributed by atoms with Crippen LogP contribution in [0.25, 0.3) is 11.3 Å². The van der Waals surface area contributed by atoms with Crippen LogP contribution in [0.4, 0.5) is 0 Å². The minimum absolute atomic E-state index is 0.262. The third-order valence-electron chi connectivity index (χ3n) is 1.82. The number of aromatic nitrogens is 3. The third-order valence-corrected chi connectivity index (χ3v) is 2.15. The molecule has 0 spiro atoms. The zero-order valence-corrected chi connectivity index (χ0v) is 7.82. The van der Waals surface area contributed by atoms with E-state index in [-0.39, 0.29) is 5.69 Å². The van der Waals surface area contributed by atoms with Crippen LogP contribution in [-0.4, -0.2) is 21.7 Å². The van der Waals surface area contributed by atoms with Crippen LogP contribution in [0.2, 0.25) is 5.02 Å². The van der Waals surface area contributed by atoms with Gasteiger partial charge in [-0.25, -0.2) is 0 Å². The molecule has 0 aliphatic rings. The maximum Gasteiger partial charge on any atom is 0.172 e. The van der Waals surface area contributed by atoms with Crippen molar-refractivity contribution in [2.24, 2.45) is 0 Å². The van der Waals surface area contributed by atoms with Gasteiger partial charge in [-0.05, 0) is 6.07 Å². The van der Waals surface area contributed by atoms with Gasteiger partial charge in [-0.1, -0.05) is 29.8 Å². The van der Waals surface area contributed by atoms with E-state index in [0.29, 0.717) is 22.6 Å². The number of halogens is 1. The molecule has 4 nitrogen and oxygen atoms in total. The Morgan fingerprint density at radius 2 is 2.07 bits per heavy atom. The van der Waals surface area contributed by atoms with E-state index in [0.717, 1.165) is 0 Å². The summed E-state index contributed by atoms with van der Waals surface area (Å²) in [7, 11) is 0. The summed E-state index contributed by atoms with van der Waals surface area (Å²) in [5, 5.41) is 10.5. The molecule has 0 bridgehead atoms. The minimum Gasteiger partial charge on any atom is -0.296 e. The van der Waals surface area contributed by atoms with Crippen molar-refractivity contribution < 1.29 is 4.79 Å². The zero-order valence-electron chi connectivity index (χ0n) is 7.07. The van der Waals surface area contributed by atoms with Gasteiger partial charge in [0.25, 0.3) is 0 Å². The first kappa shape index (κ1) is 8.90. The number of aldehydes is 1. The van der Waals surface area contributed by atoms with E-state index < -0.39 is 0 Å². The fourth-order valence-electron chi connectivity index (χ4n) is 1.17. The largest absolute Gasteiger partial charge is 0.296 e. The van der Waals surface area contributed by atoms with Crippen molar-refractivity contribution in [3.63, 3.8) is 0 Å². The Labute approximate surface area is 84.9 Å². The number of rotatable bonds is 2. The molecular weight excluding hydrogens is 202 g/mol. The van der Waals surface area contributed by atoms with Crippen LogP contribution >= 0.6 is 11.6 Å². The summed E-state index contributed by atoms with van der Waals surface area (Å²) in [6.45, 7) is 0. The van der Waals surface area contributed by atoms with Crippen LogP contribution in [0.3, 0.4) is 0 Å². The van der Waals surface area contributed by atoms with Gasteiger partial charge in [0.15, 0.2) is 12.0 Å². The van der Waals surface area contributed by atoms with Crippen LogP contribution in [0.15, 0.2) is 24.3 Å². The van der Waals surface area contributed by atoms with Gasteiger partial charge in [0.05, 0.1) is 5.02 Å². The van der Waals surface area contributed by atoms with Gasteiger partial charge in [-0.2, -0.15) is 15.4 Å². The van der Waals surface area contributed by atoms with E-state index in [9.17, 15) is 4.79 Å². The molecule has 0 unspecified atom stereocenters. The minimum atomic E-state index is 0.262. The number of carbonyl (C=O) groups excluding carboxylic acids is 1. The molecule has 0 aliphatic carbocycles. The first-order chi connectivity index (χ1) is 6.83. The SMILES string of the molecule is O=Cc1n[nH]nc1-c1ccccc1Cl. The maximum absolute atomic E-state index is 10.6. The highest BCUT2D eigenvalue weighted by molar-refractivity contribution is 6.33. The normalized spacial score (nSPS) is 10.1. The molecule has 0 fully saturated rings. The number of hydrogen-bond donors (Lipinski definition) is 1. The number of aromatic amines is 1.